The average molecular weight is 358 g/mol. The van der Waals surface area contributed by atoms with Gasteiger partial charge in [0.25, 0.3) is 0 Å². The summed E-state index contributed by atoms with van der Waals surface area (Å²) in [7, 11) is 0. The molecule has 0 radical (unpaired) electrons. The Bertz CT molecular complexity index is 351. The minimum atomic E-state index is 0.638. The van der Waals surface area contributed by atoms with E-state index in [0.29, 0.717) is 5.92 Å². The van der Waals surface area contributed by atoms with Gasteiger partial charge in [-0.2, -0.15) is 11.8 Å². The van der Waals surface area contributed by atoms with Crippen LogP contribution in [0, 0.1) is 5.92 Å². The smallest absolute Gasteiger partial charge is 0.0175 e. The van der Waals surface area contributed by atoms with E-state index in [1.165, 1.54) is 29.9 Å². The summed E-state index contributed by atoms with van der Waals surface area (Å²) in [5.41, 5.74) is 1.46. The number of hydrogen-bond donors (Lipinski definition) is 1. The Morgan fingerprint density at radius 2 is 1.85 bits per heavy atom. The SMILES string of the molecule is CCSCCCC(CNCC(C)C)c1ccc(Br)cc1. The van der Waals surface area contributed by atoms with Crippen molar-refractivity contribution in [1.29, 1.82) is 0 Å². The van der Waals surface area contributed by atoms with E-state index < -0.39 is 0 Å². The lowest BCUT2D eigenvalue weighted by Crippen LogP contribution is -2.25. The monoisotopic (exact) mass is 357 g/mol. The molecule has 0 aromatic heterocycles. The lowest BCUT2D eigenvalue weighted by molar-refractivity contribution is 0.498. The van der Waals surface area contributed by atoms with Crippen molar-refractivity contribution in [3.05, 3.63) is 34.3 Å². The molecule has 1 rings (SSSR count). The maximum Gasteiger partial charge on any atom is 0.0175 e. The number of halogens is 1. The maximum atomic E-state index is 3.62. The molecule has 0 saturated carbocycles. The third kappa shape index (κ3) is 7.70. The van der Waals surface area contributed by atoms with Gasteiger partial charge in [0.05, 0.1) is 0 Å². The Morgan fingerprint density at radius 3 is 2.45 bits per heavy atom. The second kappa shape index (κ2) is 10.7. The van der Waals surface area contributed by atoms with E-state index in [2.05, 4.69) is 66.3 Å². The molecule has 0 fully saturated rings. The summed E-state index contributed by atoms with van der Waals surface area (Å²) >= 11 is 5.57. The predicted octanol–water partition coefficient (Wildman–Crippen LogP) is 5.31. The van der Waals surface area contributed by atoms with Gasteiger partial charge in [0.2, 0.25) is 0 Å². The van der Waals surface area contributed by atoms with E-state index in [1.54, 1.807) is 0 Å². The van der Waals surface area contributed by atoms with Gasteiger partial charge in [-0.3, -0.25) is 0 Å². The zero-order chi connectivity index (χ0) is 14.8. The van der Waals surface area contributed by atoms with Gasteiger partial charge in [-0.1, -0.05) is 48.8 Å². The van der Waals surface area contributed by atoms with Gasteiger partial charge >= 0.3 is 0 Å². The Kier molecular flexibility index (Phi) is 9.66. The fourth-order valence-electron chi connectivity index (χ4n) is 2.24. The number of nitrogens with one attached hydrogen (secondary N) is 1. The topological polar surface area (TPSA) is 12.0 Å². The van der Waals surface area contributed by atoms with Crippen LogP contribution in [0.5, 0.6) is 0 Å². The van der Waals surface area contributed by atoms with Crippen molar-refractivity contribution >= 4 is 27.7 Å². The molecular weight excluding hydrogens is 330 g/mol. The third-order valence-electron chi connectivity index (χ3n) is 3.33. The van der Waals surface area contributed by atoms with Gasteiger partial charge in [0.15, 0.2) is 0 Å². The van der Waals surface area contributed by atoms with Crippen molar-refractivity contribution in [3.8, 4) is 0 Å². The van der Waals surface area contributed by atoms with Crippen LogP contribution >= 0.6 is 27.7 Å². The van der Waals surface area contributed by atoms with Crippen LogP contribution in [0.25, 0.3) is 0 Å². The quantitative estimate of drug-likeness (QED) is 0.569. The molecule has 0 amide bonds. The summed E-state index contributed by atoms with van der Waals surface area (Å²) in [5, 5.41) is 3.62. The molecule has 114 valence electrons. The van der Waals surface area contributed by atoms with Crippen molar-refractivity contribution in [2.75, 3.05) is 24.6 Å². The lowest BCUT2D eigenvalue weighted by atomic mass is 9.94. The minimum Gasteiger partial charge on any atom is -0.316 e. The van der Waals surface area contributed by atoms with Crippen LogP contribution in [0.1, 0.15) is 45.1 Å². The van der Waals surface area contributed by atoms with E-state index in [4.69, 9.17) is 0 Å². The second-order valence-electron chi connectivity index (χ2n) is 5.64. The number of rotatable bonds is 10. The van der Waals surface area contributed by atoms with Gasteiger partial charge < -0.3 is 5.32 Å². The summed E-state index contributed by atoms with van der Waals surface area (Å²) in [6.07, 6.45) is 2.59. The van der Waals surface area contributed by atoms with Crippen LogP contribution in [-0.2, 0) is 0 Å². The molecule has 1 N–H and O–H groups in total. The summed E-state index contributed by atoms with van der Waals surface area (Å²) in [4.78, 5) is 0. The fourth-order valence-corrected chi connectivity index (χ4v) is 3.17. The highest BCUT2D eigenvalue weighted by molar-refractivity contribution is 9.10. The van der Waals surface area contributed by atoms with Crippen molar-refractivity contribution in [2.45, 2.75) is 39.5 Å². The van der Waals surface area contributed by atoms with E-state index in [1.807, 2.05) is 11.8 Å². The van der Waals surface area contributed by atoms with Crippen molar-refractivity contribution in [1.82, 2.24) is 5.32 Å². The first-order chi connectivity index (χ1) is 9.63. The van der Waals surface area contributed by atoms with Gasteiger partial charge in [-0.05, 0) is 60.4 Å². The number of thioether (sulfide) groups is 1. The van der Waals surface area contributed by atoms with Crippen molar-refractivity contribution in [3.63, 3.8) is 0 Å². The largest absolute Gasteiger partial charge is 0.316 e. The lowest BCUT2D eigenvalue weighted by Gasteiger charge is -2.19. The van der Waals surface area contributed by atoms with E-state index in [-0.39, 0.29) is 0 Å². The standard InChI is InChI=1S/C17H28BrNS/c1-4-20-11-5-6-16(13-19-12-14(2)3)15-7-9-17(18)10-8-15/h7-10,14,16,19H,4-6,11-13H2,1-3H3. The third-order valence-corrected chi connectivity index (χ3v) is 4.84. The zero-order valence-electron chi connectivity index (χ0n) is 13.0. The van der Waals surface area contributed by atoms with Crippen molar-refractivity contribution < 1.29 is 0 Å². The second-order valence-corrected chi connectivity index (χ2v) is 7.95. The predicted molar refractivity (Wildman–Crippen MR) is 96.8 cm³/mol. The highest BCUT2D eigenvalue weighted by Gasteiger charge is 2.11. The van der Waals surface area contributed by atoms with Gasteiger partial charge in [0.1, 0.15) is 0 Å². The maximum absolute atomic E-state index is 3.62. The molecular formula is C17H28BrNS. The molecule has 3 heteroatoms. The zero-order valence-corrected chi connectivity index (χ0v) is 15.4. The van der Waals surface area contributed by atoms with Crippen LogP contribution < -0.4 is 5.32 Å². The van der Waals surface area contributed by atoms with Crippen LogP contribution in [0.15, 0.2) is 28.7 Å². The fraction of sp³-hybridized carbons (Fsp3) is 0.647. The molecule has 1 unspecified atom stereocenters. The van der Waals surface area contributed by atoms with Crippen LogP contribution in [-0.4, -0.2) is 24.6 Å². The number of benzene rings is 1. The molecule has 0 heterocycles. The van der Waals surface area contributed by atoms with Crippen molar-refractivity contribution in [2.24, 2.45) is 5.92 Å². The first-order valence-corrected chi connectivity index (χ1v) is 9.62. The summed E-state index contributed by atoms with van der Waals surface area (Å²) in [6, 6.07) is 8.84. The first-order valence-electron chi connectivity index (χ1n) is 7.67. The molecule has 1 nitrogen and oxygen atoms in total. The normalized spacial score (nSPS) is 12.8. The highest BCUT2D eigenvalue weighted by Crippen LogP contribution is 2.23. The highest BCUT2D eigenvalue weighted by atomic mass is 79.9. The Labute approximate surface area is 137 Å². The Morgan fingerprint density at radius 1 is 1.15 bits per heavy atom. The van der Waals surface area contributed by atoms with E-state index in [0.717, 1.165) is 23.5 Å². The van der Waals surface area contributed by atoms with Crippen LogP contribution in [0.2, 0.25) is 0 Å². The van der Waals surface area contributed by atoms with Gasteiger partial charge in [0, 0.05) is 11.0 Å². The van der Waals surface area contributed by atoms with Crippen LogP contribution in [0.3, 0.4) is 0 Å². The van der Waals surface area contributed by atoms with E-state index >= 15 is 0 Å². The Balaban J connectivity index is 2.51. The molecule has 0 aliphatic carbocycles. The first kappa shape index (κ1) is 18.1. The Hall–Kier alpha value is 0.01000. The average Bonchev–Trinajstić information content (AvgIpc) is 2.42. The molecule has 0 aliphatic heterocycles. The summed E-state index contributed by atoms with van der Waals surface area (Å²) in [6.45, 7) is 8.97. The minimum absolute atomic E-state index is 0.638. The number of hydrogen-bond acceptors (Lipinski definition) is 2. The molecule has 1 aromatic carbocycles. The molecule has 0 aliphatic rings. The molecule has 0 saturated heterocycles. The molecule has 1 aromatic rings. The summed E-state index contributed by atoms with van der Waals surface area (Å²) in [5.74, 6) is 3.87. The van der Waals surface area contributed by atoms with Gasteiger partial charge in [-0.25, -0.2) is 0 Å². The van der Waals surface area contributed by atoms with Crippen LogP contribution in [0.4, 0.5) is 0 Å². The molecule has 20 heavy (non-hydrogen) atoms. The molecule has 1 atom stereocenters. The van der Waals surface area contributed by atoms with Gasteiger partial charge in [-0.15, -0.1) is 0 Å². The van der Waals surface area contributed by atoms with E-state index in [9.17, 15) is 0 Å². The molecule has 0 bridgehead atoms. The summed E-state index contributed by atoms with van der Waals surface area (Å²) < 4.78 is 1.16. The molecule has 0 spiro atoms.